The van der Waals surface area contributed by atoms with Crippen molar-refractivity contribution < 1.29 is 14.6 Å². The molecule has 19 heavy (non-hydrogen) atoms. The lowest BCUT2D eigenvalue weighted by atomic mass is 9.87. The minimum Gasteiger partial charge on any atom is -0.508 e. The van der Waals surface area contributed by atoms with Crippen molar-refractivity contribution in [3.05, 3.63) is 29.3 Å². The highest BCUT2D eigenvalue weighted by Crippen LogP contribution is 2.32. The van der Waals surface area contributed by atoms with E-state index in [4.69, 9.17) is 9.47 Å². The van der Waals surface area contributed by atoms with Gasteiger partial charge in [0.05, 0.1) is 25.9 Å². The van der Waals surface area contributed by atoms with Crippen molar-refractivity contribution in [2.45, 2.75) is 31.4 Å². The SMILES string of the molecule is Oc1ccc2c(c1)C(NCC1COCCO1)CCC2. The Bertz CT molecular complexity index is 429. The lowest BCUT2D eigenvalue weighted by Crippen LogP contribution is -2.39. The maximum absolute atomic E-state index is 9.65. The Hall–Kier alpha value is -1.10. The third-order valence-electron chi connectivity index (χ3n) is 3.92. The molecule has 1 heterocycles. The van der Waals surface area contributed by atoms with Gasteiger partial charge in [0.1, 0.15) is 5.75 Å². The summed E-state index contributed by atoms with van der Waals surface area (Å²) in [6.07, 6.45) is 3.56. The van der Waals surface area contributed by atoms with E-state index in [1.807, 2.05) is 12.1 Å². The summed E-state index contributed by atoms with van der Waals surface area (Å²) in [5.74, 6) is 0.352. The Balaban J connectivity index is 1.64. The standard InChI is InChI=1S/C15H21NO3/c17-12-5-4-11-2-1-3-15(14(11)8-12)16-9-13-10-18-6-7-19-13/h4-5,8,13,15-17H,1-3,6-7,9-10H2. The number of hydrogen-bond acceptors (Lipinski definition) is 4. The average molecular weight is 263 g/mol. The first-order valence-corrected chi connectivity index (χ1v) is 7.07. The monoisotopic (exact) mass is 263 g/mol. The van der Waals surface area contributed by atoms with Gasteiger partial charge in [0, 0.05) is 12.6 Å². The molecule has 4 heteroatoms. The molecule has 0 spiro atoms. The quantitative estimate of drug-likeness (QED) is 0.872. The van der Waals surface area contributed by atoms with E-state index in [9.17, 15) is 5.11 Å². The van der Waals surface area contributed by atoms with E-state index in [2.05, 4.69) is 5.32 Å². The summed E-state index contributed by atoms with van der Waals surface area (Å²) in [6.45, 7) is 2.87. The summed E-state index contributed by atoms with van der Waals surface area (Å²) < 4.78 is 11.0. The molecule has 2 aliphatic rings. The maximum Gasteiger partial charge on any atom is 0.115 e. The average Bonchev–Trinajstić information content (AvgIpc) is 2.46. The zero-order valence-electron chi connectivity index (χ0n) is 11.1. The van der Waals surface area contributed by atoms with E-state index in [1.54, 1.807) is 6.07 Å². The fourth-order valence-electron chi connectivity index (χ4n) is 2.93. The molecule has 1 aromatic rings. The lowest BCUT2D eigenvalue weighted by molar-refractivity contribution is -0.0872. The molecule has 2 N–H and O–H groups in total. The van der Waals surface area contributed by atoms with Crippen LogP contribution in [0.15, 0.2) is 18.2 Å². The molecule has 0 bridgehead atoms. The third kappa shape index (κ3) is 3.08. The molecule has 1 aliphatic heterocycles. The number of aryl methyl sites for hydroxylation is 1. The molecular formula is C15H21NO3. The molecule has 4 nitrogen and oxygen atoms in total. The molecule has 0 amide bonds. The molecule has 0 radical (unpaired) electrons. The van der Waals surface area contributed by atoms with E-state index in [-0.39, 0.29) is 6.10 Å². The summed E-state index contributed by atoms with van der Waals surface area (Å²) in [7, 11) is 0. The number of rotatable bonds is 3. The second-order valence-electron chi connectivity index (χ2n) is 5.30. The Morgan fingerprint density at radius 2 is 2.26 bits per heavy atom. The van der Waals surface area contributed by atoms with Crippen LogP contribution in [0, 0.1) is 0 Å². The number of hydrogen-bond donors (Lipinski definition) is 2. The number of fused-ring (bicyclic) bond motifs is 1. The van der Waals surface area contributed by atoms with E-state index < -0.39 is 0 Å². The second-order valence-corrected chi connectivity index (χ2v) is 5.30. The Labute approximate surface area is 113 Å². The summed E-state index contributed by atoms with van der Waals surface area (Å²) >= 11 is 0. The van der Waals surface area contributed by atoms with Gasteiger partial charge in [-0.1, -0.05) is 6.07 Å². The van der Waals surface area contributed by atoms with Crippen LogP contribution in [-0.4, -0.2) is 37.6 Å². The summed E-state index contributed by atoms with van der Waals surface area (Å²) in [4.78, 5) is 0. The Morgan fingerprint density at radius 1 is 1.32 bits per heavy atom. The summed E-state index contributed by atoms with van der Waals surface area (Å²) in [6, 6.07) is 6.03. The molecule has 104 valence electrons. The summed E-state index contributed by atoms with van der Waals surface area (Å²) in [5, 5.41) is 13.2. The fourth-order valence-corrected chi connectivity index (χ4v) is 2.93. The van der Waals surface area contributed by atoms with Crippen LogP contribution in [0.25, 0.3) is 0 Å². The van der Waals surface area contributed by atoms with Crippen molar-refractivity contribution in [2.75, 3.05) is 26.4 Å². The van der Waals surface area contributed by atoms with Crippen LogP contribution in [-0.2, 0) is 15.9 Å². The van der Waals surface area contributed by atoms with Crippen molar-refractivity contribution >= 4 is 0 Å². The van der Waals surface area contributed by atoms with Crippen LogP contribution in [0.1, 0.15) is 30.0 Å². The predicted octanol–water partition coefficient (Wildman–Crippen LogP) is 1.77. The van der Waals surface area contributed by atoms with Gasteiger partial charge in [-0.25, -0.2) is 0 Å². The molecule has 2 atom stereocenters. The van der Waals surface area contributed by atoms with Crippen LogP contribution in [0.5, 0.6) is 5.75 Å². The first kappa shape index (κ1) is 12.9. The normalized spacial score (nSPS) is 26.9. The smallest absolute Gasteiger partial charge is 0.115 e. The molecule has 0 aromatic heterocycles. The van der Waals surface area contributed by atoms with Gasteiger partial charge in [0.15, 0.2) is 0 Å². The second kappa shape index (κ2) is 5.90. The number of ether oxygens (including phenoxy) is 2. The molecule has 1 saturated heterocycles. The van der Waals surface area contributed by atoms with Gasteiger partial charge >= 0.3 is 0 Å². The molecule has 3 rings (SSSR count). The van der Waals surface area contributed by atoms with Gasteiger partial charge in [-0.2, -0.15) is 0 Å². The first-order valence-electron chi connectivity index (χ1n) is 7.07. The van der Waals surface area contributed by atoms with Crippen LogP contribution in [0.2, 0.25) is 0 Å². The number of phenolic OH excluding ortho intramolecular Hbond substituents is 1. The van der Waals surface area contributed by atoms with Crippen LogP contribution < -0.4 is 5.32 Å². The largest absolute Gasteiger partial charge is 0.508 e. The van der Waals surface area contributed by atoms with Gasteiger partial charge in [0.25, 0.3) is 0 Å². The topological polar surface area (TPSA) is 50.7 Å². The van der Waals surface area contributed by atoms with Gasteiger partial charge in [-0.15, -0.1) is 0 Å². The van der Waals surface area contributed by atoms with Gasteiger partial charge < -0.3 is 19.9 Å². The van der Waals surface area contributed by atoms with E-state index in [1.165, 1.54) is 17.5 Å². The van der Waals surface area contributed by atoms with Crippen molar-refractivity contribution in [3.63, 3.8) is 0 Å². The first-order chi connectivity index (χ1) is 9.33. The van der Waals surface area contributed by atoms with Gasteiger partial charge in [0.2, 0.25) is 0 Å². The molecule has 1 aliphatic carbocycles. The van der Waals surface area contributed by atoms with Crippen LogP contribution in [0.4, 0.5) is 0 Å². The molecular weight excluding hydrogens is 242 g/mol. The number of phenols is 1. The van der Waals surface area contributed by atoms with E-state index in [0.29, 0.717) is 31.6 Å². The zero-order chi connectivity index (χ0) is 13.1. The highest BCUT2D eigenvalue weighted by molar-refractivity contribution is 5.38. The minimum atomic E-state index is 0.149. The molecule has 2 unspecified atom stereocenters. The summed E-state index contributed by atoms with van der Waals surface area (Å²) in [5.41, 5.74) is 2.59. The van der Waals surface area contributed by atoms with Crippen LogP contribution >= 0.6 is 0 Å². The van der Waals surface area contributed by atoms with Gasteiger partial charge in [-0.3, -0.25) is 0 Å². The van der Waals surface area contributed by atoms with Gasteiger partial charge in [-0.05, 0) is 42.5 Å². The van der Waals surface area contributed by atoms with E-state index >= 15 is 0 Å². The molecule has 0 saturated carbocycles. The third-order valence-corrected chi connectivity index (χ3v) is 3.92. The van der Waals surface area contributed by atoms with E-state index in [0.717, 1.165) is 19.4 Å². The zero-order valence-corrected chi connectivity index (χ0v) is 11.1. The highest BCUT2D eigenvalue weighted by atomic mass is 16.6. The minimum absolute atomic E-state index is 0.149. The van der Waals surface area contributed by atoms with Crippen LogP contribution in [0.3, 0.4) is 0 Å². The highest BCUT2D eigenvalue weighted by Gasteiger charge is 2.22. The molecule has 1 aromatic carbocycles. The maximum atomic E-state index is 9.65. The predicted molar refractivity (Wildman–Crippen MR) is 72.3 cm³/mol. The molecule has 1 fully saturated rings. The van der Waals surface area contributed by atoms with Crippen molar-refractivity contribution in [2.24, 2.45) is 0 Å². The lowest BCUT2D eigenvalue weighted by Gasteiger charge is -2.29. The number of benzene rings is 1. The van der Waals surface area contributed by atoms with Crippen molar-refractivity contribution in [1.29, 1.82) is 0 Å². The number of aromatic hydroxyl groups is 1. The Morgan fingerprint density at radius 3 is 3.11 bits per heavy atom. The fraction of sp³-hybridized carbons (Fsp3) is 0.600. The van der Waals surface area contributed by atoms with Crippen molar-refractivity contribution in [1.82, 2.24) is 5.32 Å². The van der Waals surface area contributed by atoms with Crippen molar-refractivity contribution in [3.8, 4) is 5.75 Å². The Kier molecular flexibility index (Phi) is 4.01. The number of nitrogens with one attached hydrogen (secondary N) is 1.